The monoisotopic (exact) mass is 456 g/mol. The first-order valence-electron chi connectivity index (χ1n) is 7.26. The highest BCUT2D eigenvalue weighted by molar-refractivity contribution is 9.10. The third kappa shape index (κ3) is 4.05. The molecule has 2 heterocycles. The number of rotatable bonds is 4. The van der Waals surface area contributed by atoms with Crippen molar-refractivity contribution in [2.45, 2.75) is 11.1 Å². The lowest BCUT2D eigenvalue weighted by atomic mass is 10.2. The van der Waals surface area contributed by atoms with Crippen molar-refractivity contribution in [2.24, 2.45) is 4.40 Å². The van der Waals surface area contributed by atoms with Crippen LogP contribution in [0.5, 0.6) is 0 Å². The van der Waals surface area contributed by atoms with Gasteiger partial charge in [0.05, 0.1) is 4.91 Å². The van der Waals surface area contributed by atoms with Crippen molar-refractivity contribution in [3.8, 4) is 0 Å². The van der Waals surface area contributed by atoms with E-state index in [2.05, 4.69) is 20.3 Å². The third-order valence-corrected chi connectivity index (χ3v) is 7.61. The van der Waals surface area contributed by atoms with Crippen molar-refractivity contribution in [2.75, 3.05) is 6.54 Å². The third-order valence-electron chi connectivity index (χ3n) is 3.32. The molecule has 1 fully saturated rings. The summed E-state index contributed by atoms with van der Waals surface area (Å²) >= 11 is 5.54. The molecule has 0 radical (unpaired) electrons. The highest BCUT2D eigenvalue weighted by Crippen LogP contribution is 2.34. The highest BCUT2D eigenvalue weighted by atomic mass is 79.9. The number of benzene rings is 1. The lowest BCUT2D eigenvalue weighted by molar-refractivity contribution is -0.122. The maximum Gasteiger partial charge on any atom is 0.294 e. The molecule has 2 aromatic rings. The summed E-state index contributed by atoms with van der Waals surface area (Å²) in [6.45, 7) is 2.14. The molecule has 3 rings (SSSR count). The molecule has 1 aromatic carbocycles. The molecule has 1 aliphatic heterocycles. The van der Waals surface area contributed by atoms with Crippen molar-refractivity contribution < 1.29 is 13.2 Å². The number of halogens is 1. The maximum atomic E-state index is 12.5. The zero-order valence-electron chi connectivity index (χ0n) is 13.0. The molecule has 0 bridgehead atoms. The summed E-state index contributed by atoms with van der Waals surface area (Å²) in [4.78, 5) is 14.4. The molecule has 9 heteroatoms. The Bertz CT molecular complexity index is 949. The van der Waals surface area contributed by atoms with E-state index >= 15 is 0 Å². The average Bonchev–Trinajstić information content (AvgIpc) is 3.19. The van der Waals surface area contributed by atoms with Gasteiger partial charge < -0.3 is 0 Å². The van der Waals surface area contributed by atoms with Crippen LogP contribution in [0.1, 0.15) is 12.5 Å². The Morgan fingerprint density at radius 1 is 1.24 bits per heavy atom. The summed E-state index contributed by atoms with van der Waals surface area (Å²) in [5.41, 5.74) is 0.859. The molecule has 0 unspecified atom stereocenters. The number of hydrogen-bond acceptors (Lipinski definition) is 5. The second kappa shape index (κ2) is 7.45. The normalized spacial score (nSPS) is 18.5. The molecule has 0 saturated carbocycles. The summed E-state index contributed by atoms with van der Waals surface area (Å²) in [6.07, 6.45) is 1.74. The van der Waals surface area contributed by atoms with Gasteiger partial charge in [0.1, 0.15) is 4.21 Å². The fraction of sp³-hybridized carbons (Fsp3) is 0.125. The van der Waals surface area contributed by atoms with Crippen LogP contribution in [-0.2, 0) is 14.8 Å². The molecular weight excluding hydrogens is 444 g/mol. The molecule has 5 nitrogen and oxygen atoms in total. The zero-order chi connectivity index (χ0) is 18.0. The maximum absolute atomic E-state index is 12.5. The van der Waals surface area contributed by atoms with Gasteiger partial charge >= 0.3 is 0 Å². The van der Waals surface area contributed by atoms with Gasteiger partial charge in [0, 0.05) is 11.0 Å². The van der Waals surface area contributed by atoms with Crippen LogP contribution < -0.4 is 0 Å². The van der Waals surface area contributed by atoms with E-state index in [0.29, 0.717) is 11.4 Å². The van der Waals surface area contributed by atoms with Gasteiger partial charge in [0.25, 0.3) is 15.9 Å². The molecule has 130 valence electrons. The summed E-state index contributed by atoms with van der Waals surface area (Å²) in [6, 6.07) is 10.7. The molecule has 0 atom stereocenters. The molecule has 1 aromatic heterocycles. The molecular formula is C16H13BrN2O3S3. The first-order valence-corrected chi connectivity index (χ1v) is 11.2. The molecule has 1 amide bonds. The Hall–Kier alpha value is -1.42. The van der Waals surface area contributed by atoms with Gasteiger partial charge in [-0.3, -0.25) is 9.69 Å². The Balaban J connectivity index is 1.95. The Kier molecular flexibility index (Phi) is 5.47. The minimum Gasteiger partial charge on any atom is -0.286 e. The first-order chi connectivity index (χ1) is 11.9. The number of carbonyl (C=O) groups is 1. The quantitative estimate of drug-likeness (QED) is 0.646. The van der Waals surface area contributed by atoms with Crippen molar-refractivity contribution in [1.82, 2.24) is 4.90 Å². The topological polar surface area (TPSA) is 66.8 Å². The van der Waals surface area contributed by atoms with Gasteiger partial charge in [-0.25, -0.2) is 0 Å². The van der Waals surface area contributed by atoms with Gasteiger partial charge in [0.2, 0.25) is 0 Å². The molecule has 0 spiro atoms. The van der Waals surface area contributed by atoms with Crippen LogP contribution in [0.25, 0.3) is 6.08 Å². The minimum absolute atomic E-state index is 0.162. The van der Waals surface area contributed by atoms with E-state index in [1.54, 1.807) is 24.4 Å². The van der Waals surface area contributed by atoms with Crippen LogP contribution in [0.4, 0.5) is 0 Å². The lowest BCUT2D eigenvalue weighted by Crippen LogP contribution is -2.29. The first kappa shape index (κ1) is 18.4. The van der Waals surface area contributed by atoms with Gasteiger partial charge in [-0.15, -0.1) is 15.7 Å². The Labute approximate surface area is 162 Å². The van der Waals surface area contributed by atoms with Crippen LogP contribution in [0.2, 0.25) is 0 Å². The van der Waals surface area contributed by atoms with Crippen molar-refractivity contribution >= 4 is 66.2 Å². The van der Waals surface area contributed by atoms with Crippen molar-refractivity contribution in [3.63, 3.8) is 0 Å². The van der Waals surface area contributed by atoms with E-state index in [9.17, 15) is 13.2 Å². The number of hydrogen-bond donors (Lipinski definition) is 0. The van der Waals surface area contributed by atoms with Crippen molar-refractivity contribution in [1.29, 1.82) is 0 Å². The van der Waals surface area contributed by atoms with Crippen LogP contribution in [-0.4, -0.2) is 30.9 Å². The molecule has 0 aliphatic carbocycles. The number of carbonyl (C=O) groups excluding carboxylic acids is 1. The number of nitrogens with zero attached hydrogens (tertiary/aromatic N) is 2. The summed E-state index contributed by atoms with van der Waals surface area (Å²) in [7, 11) is -3.81. The largest absolute Gasteiger partial charge is 0.294 e. The van der Waals surface area contributed by atoms with Gasteiger partial charge in [0.15, 0.2) is 5.17 Å². The predicted molar refractivity (Wildman–Crippen MR) is 106 cm³/mol. The standard InChI is InChI=1S/C16H13BrN2O3S3/c1-2-19-15(20)13(10-11-5-7-12(17)8-6-11)24-16(19)18-25(21,22)14-4-3-9-23-14/h3-10H,2H2,1H3/b13-10-,18-16?. The smallest absolute Gasteiger partial charge is 0.286 e. The van der Waals surface area contributed by atoms with E-state index in [-0.39, 0.29) is 15.3 Å². The molecule has 0 N–H and O–H groups in total. The van der Waals surface area contributed by atoms with Crippen molar-refractivity contribution in [3.05, 3.63) is 56.7 Å². The summed E-state index contributed by atoms with van der Waals surface area (Å²) in [5, 5.41) is 1.86. The van der Waals surface area contributed by atoms with E-state index in [4.69, 9.17) is 0 Å². The zero-order valence-corrected chi connectivity index (χ0v) is 17.1. The van der Waals surface area contributed by atoms with Gasteiger partial charge in [-0.2, -0.15) is 8.42 Å². The lowest BCUT2D eigenvalue weighted by Gasteiger charge is -2.11. The van der Waals surface area contributed by atoms with Crippen LogP contribution in [0.3, 0.4) is 0 Å². The number of amidine groups is 1. The van der Waals surface area contributed by atoms with E-state index in [1.165, 1.54) is 11.0 Å². The fourth-order valence-corrected chi connectivity index (χ4v) is 5.60. The van der Waals surface area contributed by atoms with Gasteiger partial charge in [-0.05, 0) is 53.9 Å². The van der Waals surface area contributed by atoms with E-state index < -0.39 is 10.0 Å². The second-order valence-corrected chi connectivity index (χ2v) is 9.70. The second-order valence-electron chi connectivity index (χ2n) is 4.99. The highest BCUT2D eigenvalue weighted by Gasteiger charge is 2.34. The average molecular weight is 457 g/mol. The molecule has 1 saturated heterocycles. The van der Waals surface area contributed by atoms with Gasteiger partial charge in [-0.1, -0.05) is 34.1 Å². The number of thiophene rings is 1. The minimum atomic E-state index is -3.81. The Morgan fingerprint density at radius 2 is 1.96 bits per heavy atom. The SMILES string of the molecule is CCN1C(=O)/C(=C/c2ccc(Br)cc2)SC1=NS(=O)(=O)c1cccs1. The van der Waals surface area contributed by atoms with Crippen LogP contribution >= 0.6 is 39.0 Å². The summed E-state index contributed by atoms with van der Waals surface area (Å²) in [5.74, 6) is -0.240. The number of likely N-dealkylation sites (N-methyl/N-ethyl adjacent to an activating group) is 1. The Morgan fingerprint density at radius 3 is 2.56 bits per heavy atom. The number of sulfonamides is 1. The number of amides is 1. The van der Waals surface area contributed by atoms with E-state index in [1.807, 2.05) is 24.3 Å². The van der Waals surface area contributed by atoms with Crippen LogP contribution in [0.15, 0.2) is 59.8 Å². The fourth-order valence-electron chi connectivity index (χ4n) is 2.12. The molecule has 1 aliphatic rings. The molecule has 25 heavy (non-hydrogen) atoms. The number of thioether (sulfide) groups is 1. The van der Waals surface area contributed by atoms with E-state index in [0.717, 1.165) is 33.1 Å². The predicted octanol–water partition coefficient (Wildman–Crippen LogP) is 4.19. The summed E-state index contributed by atoms with van der Waals surface area (Å²) < 4.78 is 29.7. The van der Waals surface area contributed by atoms with Crippen LogP contribution in [0, 0.1) is 0 Å².